The molecule has 1 aliphatic rings. The Morgan fingerprint density at radius 3 is 2.50 bits per heavy atom. The normalized spacial score (nSPS) is 23.2. The van der Waals surface area contributed by atoms with Crippen molar-refractivity contribution in [3.63, 3.8) is 0 Å². The average molecular weight is 218 g/mol. The van der Waals surface area contributed by atoms with Gasteiger partial charge in [-0.1, -0.05) is 24.3 Å². The van der Waals surface area contributed by atoms with Gasteiger partial charge in [-0.25, -0.2) is 0 Å². The van der Waals surface area contributed by atoms with E-state index in [0.29, 0.717) is 6.29 Å². The fraction of sp³-hybridized carbons (Fsp3) is 0.333. The van der Waals surface area contributed by atoms with Crippen molar-refractivity contribution in [1.29, 1.82) is 0 Å². The molecule has 0 radical (unpaired) electrons. The van der Waals surface area contributed by atoms with E-state index in [4.69, 9.17) is 0 Å². The van der Waals surface area contributed by atoms with Crippen LogP contribution in [0.5, 0.6) is 0 Å². The Morgan fingerprint density at radius 2 is 1.94 bits per heavy atom. The molecule has 0 aliphatic carbocycles. The van der Waals surface area contributed by atoms with Crippen LogP contribution in [-0.2, 0) is 9.59 Å². The van der Waals surface area contributed by atoms with Gasteiger partial charge < -0.3 is 0 Å². The zero-order chi connectivity index (χ0) is 11.7. The number of aldehydes is 1. The van der Waals surface area contributed by atoms with Crippen LogP contribution in [0.15, 0.2) is 24.3 Å². The van der Waals surface area contributed by atoms with Gasteiger partial charge in [-0.2, -0.15) is 0 Å². The smallest absolute Gasteiger partial charge is 0.216 e. The molecule has 16 heavy (non-hydrogen) atoms. The Labute approximate surface area is 94.2 Å². The zero-order valence-corrected chi connectivity index (χ0v) is 9.31. The first-order valence-electron chi connectivity index (χ1n) is 5.15. The molecule has 0 aromatic heterocycles. The minimum atomic E-state index is -0.499. The summed E-state index contributed by atoms with van der Waals surface area (Å²) in [7, 11) is 3.87. The third-order valence-electron chi connectivity index (χ3n) is 2.84. The van der Waals surface area contributed by atoms with Gasteiger partial charge in [0.2, 0.25) is 5.78 Å². The summed E-state index contributed by atoms with van der Waals surface area (Å²) in [5.74, 6) is -0.420. The Morgan fingerprint density at radius 1 is 1.31 bits per heavy atom. The molecule has 1 N–H and O–H groups in total. The van der Waals surface area contributed by atoms with Crippen molar-refractivity contribution in [2.45, 2.75) is 12.2 Å². The average Bonchev–Trinajstić information content (AvgIpc) is 2.67. The Bertz CT molecular complexity index is 429. The second-order valence-electron chi connectivity index (χ2n) is 4.11. The zero-order valence-electron chi connectivity index (χ0n) is 9.31. The van der Waals surface area contributed by atoms with E-state index in [1.807, 2.05) is 43.3 Å². The second kappa shape index (κ2) is 4.15. The van der Waals surface area contributed by atoms with E-state index in [2.05, 4.69) is 5.32 Å². The van der Waals surface area contributed by atoms with Gasteiger partial charge in [-0.15, -0.1) is 0 Å². The van der Waals surface area contributed by atoms with E-state index in [9.17, 15) is 9.59 Å². The third-order valence-corrected chi connectivity index (χ3v) is 2.84. The van der Waals surface area contributed by atoms with E-state index < -0.39 is 11.8 Å². The molecule has 4 nitrogen and oxygen atoms in total. The van der Waals surface area contributed by atoms with E-state index >= 15 is 0 Å². The highest BCUT2D eigenvalue weighted by Gasteiger charge is 2.34. The van der Waals surface area contributed by atoms with Crippen molar-refractivity contribution in [2.75, 3.05) is 14.1 Å². The molecule has 1 aliphatic heterocycles. The fourth-order valence-electron chi connectivity index (χ4n) is 2.09. The monoisotopic (exact) mass is 218 g/mol. The lowest BCUT2D eigenvalue weighted by Crippen LogP contribution is -2.32. The number of fused-ring (bicyclic) bond motifs is 1. The quantitative estimate of drug-likeness (QED) is 0.598. The minimum Gasteiger partial charge on any atom is -0.295 e. The highest BCUT2D eigenvalue weighted by atomic mass is 16.2. The predicted octanol–water partition coefficient (Wildman–Crippen LogP) is 0.659. The van der Waals surface area contributed by atoms with Crippen LogP contribution in [0.4, 0.5) is 0 Å². The third kappa shape index (κ3) is 1.66. The summed E-state index contributed by atoms with van der Waals surface area (Å²) in [4.78, 5) is 24.1. The van der Waals surface area contributed by atoms with E-state index in [-0.39, 0.29) is 6.17 Å². The summed E-state index contributed by atoms with van der Waals surface area (Å²) in [6.07, 6.45) is 0.372. The van der Waals surface area contributed by atoms with Crippen LogP contribution in [0.1, 0.15) is 23.3 Å². The predicted molar refractivity (Wildman–Crippen MR) is 59.8 cm³/mol. The standard InChI is InChI=1S/C12H14N2O2/c1-14(2)12-9-6-4-3-5-8(9)11(13-12)10(16)7-15/h3-7,11-13H,1-2H3. The van der Waals surface area contributed by atoms with Gasteiger partial charge in [-0.05, 0) is 25.2 Å². The van der Waals surface area contributed by atoms with Crippen molar-refractivity contribution in [3.8, 4) is 0 Å². The number of nitrogens with one attached hydrogen (secondary N) is 1. The van der Waals surface area contributed by atoms with Gasteiger partial charge in [0.15, 0.2) is 6.29 Å². The molecule has 2 unspecified atom stereocenters. The number of benzene rings is 1. The lowest BCUT2D eigenvalue weighted by molar-refractivity contribution is -0.131. The molecular weight excluding hydrogens is 204 g/mol. The van der Waals surface area contributed by atoms with Crippen LogP contribution in [0, 0.1) is 0 Å². The number of nitrogens with zero attached hydrogens (tertiary/aromatic N) is 1. The van der Waals surface area contributed by atoms with Crippen LogP contribution >= 0.6 is 0 Å². The summed E-state index contributed by atoms with van der Waals surface area (Å²) in [5, 5.41) is 3.15. The second-order valence-corrected chi connectivity index (χ2v) is 4.11. The maximum atomic E-state index is 11.5. The maximum Gasteiger partial charge on any atom is 0.216 e. The summed E-state index contributed by atoms with van der Waals surface area (Å²) in [6, 6.07) is 7.18. The number of ketones is 1. The summed E-state index contributed by atoms with van der Waals surface area (Å²) < 4.78 is 0. The first-order valence-corrected chi connectivity index (χ1v) is 5.15. The molecule has 2 atom stereocenters. The minimum absolute atomic E-state index is 0.00917. The van der Waals surface area contributed by atoms with Crippen molar-refractivity contribution < 1.29 is 9.59 Å². The molecule has 84 valence electrons. The number of Topliss-reactive ketones (excluding diaryl/α,β-unsaturated/α-hetero) is 1. The molecule has 0 saturated carbocycles. The van der Waals surface area contributed by atoms with Crippen LogP contribution in [0.25, 0.3) is 0 Å². The van der Waals surface area contributed by atoms with E-state index in [0.717, 1.165) is 11.1 Å². The van der Waals surface area contributed by atoms with Gasteiger partial charge in [0.25, 0.3) is 0 Å². The highest BCUT2D eigenvalue weighted by Crippen LogP contribution is 2.33. The summed E-state index contributed by atoms with van der Waals surface area (Å²) in [6.45, 7) is 0. The molecule has 1 aromatic carbocycles. The largest absolute Gasteiger partial charge is 0.295 e. The molecule has 2 rings (SSSR count). The summed E-state index contributed by atoms with van der Waals surface area (Å²) in [5.41, 5.74) is 1.96. The number of hydrogen-bond donors (Lipinski definition) is 1. The van der Waals surface area contributed by atoms with Gasteiger partial charge in [0.1, 0.15) is 6.04 Å². The molecule has 0 amide bonds. The lowest BCUT2D eigenvalue weighted by atomic mass is 10.0. The van der Waals surface area contributed by atoms with E-state index in [1.54, 1.807) is 0 Å². The maximum absolute atomic E-state index is 11.5. The molecule has 0 fully saturated rings. The van der Waals surface area contributed by atoms with E-state index in [1.165, 1.54) is 0 Å². The molecule has 0 saturated heterocycles. The Balaban J connectivity index is 2.42. The lowest BCUT2D eigenvalue weighted by Gasteiger charge is -2.21. The topological polar surface area (TPSA) is 49.4 Å². The molecule has 1 heterocycles. The molecular formula is C12H14N2O2. The molecule has 0 bridgehead atoms. The SMILES string of the molecule is CN(C)C1NC(C(=O)C=O)c2ccccc21. The highest BCUT2D eigenvalue weighted by molar-refractivity contribution is 6.27. The van der Waals surface area contributed by atoms with Gasteiger partial charge >= 0.3 is 0 Å². The first-order chi connectivity index (χ1) is 7.65. The van der Waals surface area contributed by atoms with Gasteiger partial charge in [0, 0.05) is 0 Å². The number of hydrogen-bond acceptors (Lipinski definition) is 4. The van der Waals surface area contributed by atoms with Crippen molar-refractivity contribution in [2.24, 2.45) is 0 Å². The Hall–Kier alpha value is -1.52. The fourth-order valence-corrected chi connectivity index (χ4v) is 2.09. The van der Waals surface area contributed by atoms with Crippen molar-refractivity contribution in [3.05, 3.63) is 35.4 Å². The van der Waals surface area contributed by atoms with Crippen LogP contribution in [0.2, 0.25) is 0 Å². The number of carbonyl (C=O) groups is 2. The van der Waals surface area contributed by atoms with Gasteiger partial charge in [-0.3, -0.25) is 19.8 Å². The van der Waals surface area contributed by atoms with Crippen LogP contribution in [0.3, 0.4) is 0 Å². The van der Waals surface area contributed by atoms with Crippen LogP contribution in [-0.4, -0.2) is 31.1 Å². The van der Waals surface area contributed by atoms with Crippen molar-refractivity contribution >= 4 is 12.1 Å². The molecule has 4 heteroatoms. The molecule has 1 aromatic rings. The van der Waals surface area contributed by atoms with Crippen molar-refractivity contribution in [1.82, 2.24) is 10.2 Å². The Kier molecular flexibility index (Phi) is 2.85. The molecule has 0 spiro atoms. The van der Waals surface area contributed by atoms with Gasteiger partial charge in [0.05, 0.1) is 6.17 Å². The number of carbonyl (C=O) groups excluding carboxylic acids is 2. The summed E-state index contributed by atoms with van der Waals surface area (Å²) >= 11 is 0. The first kappa shape index (κ1) is 11.0. The number of rotatable bonds is 3. The van der Waals surface area contributed by atoms with Crippen LogP contribution < -0.4 is 5.32 Å².